The van der Waals surface area contributed by atoms with E-state index in [0.29, 0.717) is 23.0 Å². The second kappa shape index (κ2) is 9.82. The summed E-state index contributed by atoms with van der Waals surface area (Å²) >= 11 is 10.1. The summed E-state index contributed by atoms with van der Waals surface area (Å²) in [5.41, 5.74) is 2.44. The number of fused-ring (bicyclic) bond motifs is 1. The van der Waals surface area contributed by atoms with Crippen LogP contribution in [0, 0.1) is 6.92 Å². The van der Waals surface area contributed by atoms with Crippen LogP contribution in [-0.2, 0) is 26.7 Å². The fraction of sp³-hybridized carbons (Fsp3) is 0.350. The number of aromatic nitrogens is 2. The van der Waals surface area contributed by atoms with Crippen LogP contribution in [0.2, 0.25) is 0 Å². The summed E-state index contributed by atoms with van der Waals surface area (Å²) in [6, 6.07) is 6.64. The van der Waals surface area contributed by atoms with E-state index in [9.17, 15) is 19.5 Å². The van der Waals surface area contributed by atoms with E-state index in [2.05, 4.69) is 15.5 Å². The predicted molar refractivity (Wildman–Crippen MR) is 125 cm³/mol. The molecule has 1 aromatic heterocycles. The molecule has 1 aromatic carbocycles. The Labute approximate surface area is 201 Å². The highest BCUT2D eigenvalue weighted by Gasteiger charge is 2.54. The molecule has 32 heavy (non-hydrogen) atoms. The molecule has 0 spiro atoms. The Bertz CT molecular complexity index is 1090. The number of aliphatic carboxylic acids is 1. The van der Waals surface area contributed by atoms with E-state index in [4.69, 9.17) is 11.6 Å². The molecule has 1 fully saturated rings. The highest BCUT2D eigenvalue weighted by atomic mass is 35.5. The minimum atomic E-state index is -1.14. The quantitative estimate of drug-likeness (QED) is 0.316. The molecule has 168 valence electrons. The van der Waals surface area contributed by atoms with Crippen molar-refractivity contribution < 1.29 is 19.5 Å². The fourth-order valence-corrected chi connectivity index (χ4v) is 6.91. The lowest BCUT2D eigenvalue weighted by Gasteiger charge is -2.49. The summed E-state index contributed by atoms with van der Waals surface area (Å²) in [4.78, 5) is 38.5. The first-order chi connectivity index (χ1) is 15.4. The van der Waals surface area contributed by atoms with Crippen LogP contribution in [0.15, 0.2) is 39.9 Å². The lowest BCUT2D eigenvalue weighted by molar-refractivity contribution is -0.150. The number of nitrogens with one attached hydrogen (secondary N) is 1. The number of carboxylic acids is 1. The number of hydrogen-bond donors (Lipinski definition) is 2. The summed E-state index contributed by atoms with van der Waals surface area (Å²) in [6.07, 6.45) is 0.133. The molecule has 3 heterocycles. The molecular weight excluding hydrogens is 492 g/mol. The van der Waals surface area contributed by atoms with Crippen molar-refractivity contribution in [1.82, 2.24) is 20.4 Å². The molecule has 2 aliphatic rings. The molecule has 2 aromatic rings. The zero-order valence-electron chi connectivity index (χ0n) is 16.9. The molecule has 8 nitrogen and oxygen atoms in total. The second-order valence-electron chi connectivity index (χ2n) is 7.21. The zero-order valence-corrected chi connectivity index (χ0v) is 20.1. The van der Waals surface area contributed by atoms with E-state index in [-0.39, 0.29) is 18.0 Å². The summed E-state index contributed by atoms with van der Waals surface area (Å²) in [5, 5.41) is 20.9. The average molecular weight is 511 g/mol. The van der Waals surface area contributed by atoms with Gasteiger partial charge in [0, 0.05) is 17.4 Å². The molecule has 0 radical (unpaired) electrons. The Morgan fingerprint density at radius 2 is 2.00 bits per heavy atom. The van der Waals surface area contributed by atoms with E-state index in [0.717, 1.165) is 20.5 Å². The Morgan fingerprint density at radius 1 is 1.28 bits per heavy atom. The van der Waals surface area contributed by atoms with Gasteiger partial charge in [0.25, 0.3) is 5.91 Å². The van der Waals surface area contributed by atoms with Crippen LogP contribution in [0.1, 0.15) is 16.1 Å². The van der Waals surface area contributed by atoms with Gasteiger partial charge in [0.2, 0.25) is 5.91 Å². The Balaban J connectivity index is 1.40. The maximum absolute atomic E-state index is 12.8. The van der Waals surface area contributed by atoms with Crippen LogP contribution >= 0.6 is 46.5 Å². The number of β-lactam (4-membered cyclic amide) rings is 1. The minimum absolute atomic E-state index is 0.00893. The lowest BCUT2D eigenvalue weighted by Crippen LogP contribution is -2.70. The normalized spacial score (nSPS) is 20.1. The maximum Gasteiger partial charge on any atom is 0.352 e. The maximum atomic E-state index is 12.8. The average Bonchev–Trinajstić information content (AvgIpc) is 3.20. The molecular formula is C20H19ClN4O4S3. The van der Waals surface area contributed by atoms with Crippen molar-refractivity contribution in [3.63, 3.8) is 0 Å². The van der Waals surface area contributed by atoms with Gasteiger partial charge in [-0.1, -0.05) is 47.4 Å². The van der Waals surface area contributed by atoms with Crippen LogP contribution in [0.4, 0.5) is 0 Å². The third-order valence-electron chi connectivity index (χ3n) is 4.99. The Hall–Kier alpha value is -2.08. The zero-order chi connectivity index (χ0) is 22.8. The van der Waals surface area contributed by atoms with E-state index >= 15 is 0 Å². The molecule has 0 aliphatic carbocycles. The number of benzene rings is 1. The number of amides is 2. The Morgan fingerprint density at radius 3 is 2.62 bits per heavy atom. The number of rotatable bonds is 8. The van der Waals surface area contributed by atoms with Gasteiger partial charge in [0.1, 0.15) is 22.1 Å². The SMILES string of the molecule is Cc1nnc(SCC2=C(C(=O)O)N3C(=O)C(NC(=O)Cc4ccc(CCl)cc4)C3SC2)s1. The first-order valence-electron chi connectivity index (χ1n) is 9.63. The van der Waals surface area contributed by atoms with Crippen LogP contribution in [-0.4, -0.2) is 60.9 Å². The third-order valence-corrected chi connectivity index (χ3v) is 8.69. The first kappa shape index (κ1) is 23.1. The summed E-state index contributed by atoms with van der Waals surface area (Å²) in [5.74, 6) is -0.548. The largest absolute Gasteiger partial charge is 0.477 e. The molecule has 2 aliphatic heterocycles. The van der Waals surface area contributed by atoms with E-state index < -0.39 is 23.3 Å². The van der Waals surface area contributed by atoms with E-state index in [1.807, 2.05) is 31.2 Å². The molecule has 4 rings (SSSR count). The van der Waals surface area contributed by atoms with E-state index in [1.54, 1.807) is 0 Å². The highest BCUT2D eigenvalue weighted by molar-refractivity contribution is 8.01. The van der Waals surface area contributed by atoms with Crippen LogP contribution in [0.25, 0.3) is 0 Å². The standard InChI is InChI=1S/C20H19ClN4O4S3/c1-10-23-24-20(32-10)31-9-13-8-30-18-15(17(27)25(18)16(13)19(28)29)22-14(26)6-11-2-4-12(7-21)5-3-11/h2-5,15,18H,6-9H2,1H3,(H,22,26)(H,28,29). The van der Waals surface area contributed by atoms with Crippen molar-refractivity contribution >= 4 is 64.2 Å². The van der Waals surface area contributed by atoms with Crippen LogP contribution < -0.4 is 5.32 Å². The van der Waals surface area contributed by atoms with Gasteiger partial charge in [0.05, 0.1) is 6.42 Å². The van der Waals surface area contributed by atoms with Gasteiger partial charge >= 0.3 is 5.97 Å². The van der Waals surface area contributed by atoms with Crippen molar-refractivity contribution in [2.24, 2.45) is 0 Å². The number of carbonyl (C=O) groups is 3. The minimum Gasteiger partial charge on any atom is -0.477 e. The third kappa shape index (κ3) is 4.80. The van der Waals surface area contributed by atoms with Gasteiger partial charge in [-0.15, -0.1) is 33.6 Å². The Kier molecular flexibility index (Phi) is 7.08. The highest BCUT2D eigenvalue weighted by Crippen LogP contribution is 2.41. The van der Waals surface area contributed by atoms with Gasteiger partial charge in [-0.25, -0.2) is 4.79 Å². The second-order valence-corrected chi connectivity index (χ2v) is 11.0. The van der Waals surface area contributed by atoms with Crippen LogP contribution in [0.3, 0.4) is 0 Å². The molecule has 2 unspecified atom stereocenters. The summed E-state index contributed by atoms with van der Waals surface area (Å²) < 4.78 is 0.756. The number of aryl methyl sites for hydroxylation is 1. The molecule has 0 bridgehead atoms. The van der Waals surface area contributed by atoms with Crippen molar-refractivity contribution in [3.8, 4) is 0 Å². The van der Waals surface area contributed by atoms with Gasteiger partial charge in [-0.2, -0.15) is 0 Å². The van der Waals surface area contributed by atoms with Crippen molar-refractivity contribution in [3.05, 3.63) is 51.7 Å². The van der Waals surface area contributed by atoms with Crippen molar-refractivity contribution in [2.75, 3.05) is 11.5 Å². The molecule has 1 saturated heterocycles. The predicted octanol–water partition coefficient (Wildman–Crippen LogP) is 2.66. The van der Waals surface area contributed by atoms with Gasteiger partial charge < -0.3 is 10.4 Å². The van der Waals surface area contributed by atoms with Gasteiger partial charge in [-0.05, 0) is 23.6 Å². The fourth-order valence-electron chi connectivity index (χ4n) is 3.44. The summed E-state index contributed by atoms with van der Waals surface area (Å²) in [6.45, 7) is 1.85. The molecule has 2 N–H and O–H groups in total. The van der Waals surface area contributed by atoms with E-state index in [1.165, 1.54) is 39.8 Å². The number of alkyl halides is 1. The monoisotopic (exact) mass is 510 g/mol. The van der Waals surface area contributed by atoms with Gasteiger partial charge in [-0.3, -0.25) is 14.5 Å². The smallest absolute Gasteiger partial charge is 0.352 e. The number of thioether (sulfide) groups is 2. The van der Waals surface area contributed by atoms with Crippen LogP contribution in [0.5, 0.6) is 0 Å². The number of carboxylic acid groups (broad SMARTS) is 1. The van der Waals surface area contributed by atoms with Crippen molar-refractivity contribution in [2.45, 2.75) is 35.0 Å². The number of halogens is 1. The molecule has 2 atom stereocenters. The number of carbonyl (C=O) groups excluding carboxylic acids is 2. The molecule has 2 amide bonds. The number of hydrogen-bond acceptors (Lipinski definition) is 8. The summed E-state index contributed by atoms with van der Waals surface area (Å²) in [7, 11) is 0. The molecule has 0 saturated carbocycles. The van der Waals surface area contributed by atoms with Crippen molar-refractivity contribution in [1.29, 1.82) is 0 Å². The topological polar surface area (TPSA) is 112 Å². The first-order valence-corrected chi connectivity index (χ1v) is 13.0. The molecule has 12 heteroatoms. The number of nitrogens with zero attached hydrogens (tertiary/aromatic N) is 3. The lowest BCUT2D eigenvalue weighted by atomic mass is 10.0. The van der Waals surface area contributed by atoms with Gasteiger partial charge in [0.15, 0.2) is 4.34 Å².